The maximum Gasteiger partial charge on any atom is 0.209 e. The summed E-state index contributed by atoms with van der Waals surface area (Å²) in [6, 6.07) is 13.8. The Balaban J connectivity index is 1.64. The van der Waals surface area contributed by atoms with Gasteiger partial charge in [-0.15, -0.1) is 5.10 Å². The van der Waals surface area contributed by atoms with E-state index in [1.165, 1.54) is 35.5 Å². The number of halogens is 1. The van der Waals surface area contributed by atoms with Crippen LogP contribution in [-0.2, 0) is 6.42 Å². The molecule has 0 radical (unpaired) electrons. The van der Waals surface area contributed by atoms with Crippen LogP contribution in [-0.4, -0.2) is 26.7 Å². The average Bonchev–Trinajstić information content (AvgIpc) is 3.09. The van der Waals surface area contributed by atoms with Gasteiger partial charge in [0.25, 0.3) is 0 Å². The number of carbonyl (C=O) groups excluding carboxylic acids is 1. The van der Waals surface area contributed by atoms with E-state index < -0.39 is 5.82 Å². The molecule has 1 aromatic heterocycles. The molecule has 0 saturated heterocycles. The lowest BCUT2D eigenvalue weighted by molar-refractivity contribution is 0.102. The highest BCUT2D eigenvalue weighted by atomic mass is 32.2. The van der Waals surface area contributed by atoms with Gasteiger partial charge >= 0.3 is 0 Å². The van der Waals surface area contributed by atoms with Crippen LogP contribution < -0.4 is 0 Å². The number of nitrogens with zero attached hydrogens (tertiary/aromatic N) is 2. The largest absolute Gasteiger partial charge is 0.293 e. The first-order valence-electron chi connectivity index (χ1n) is 7.59. The molecule has 0 fully saturated rings. The molecule has 0 atom stereocenters. The summed E-state index contributed by atoms with van der Waals surface area (Å²) in [6.07, 6.45) is 0.986. The molecule has 0 bridgehead atoms. The number of thioether (sulfide) groups is 1. The quantitative estimate of drug-likeness (QED) is 0.540. The van der Waals surface area contributed by atoms with E-state index in [0.717, 1.165) is 12.0 Å². The zero-order chi connectivity index (χ0) is 16.9. The first-order chi connectivity index (χ1) is 11.7. The standard InChI is InChI=1S/C18H16FN3OS/c1-2-12-6-8-13(9-7-12)17-20-18(22-21-17)24-11-16(23)14-4-3-5-15(19)10-14/h3-10H,2,11H2,1H3,(H,20,21,22). The Labute approximate surface area is 143 Å². The second-order valence-electron chi connectivity index (χ2n) is 5.24. The van der Waals surface area contributed by atoms with E-state index in [1.807, 2.05) is 12.1 Å². The number of ketones is 1. The van der Waals surface area contributed by atoms with Crippen molar-refractivity contribution in [3.63, 3.8) is 0 Å². The van der Waals surface area contributed by atoms with Gasteiger partial charge in [0.2, 0.25) is 5.16 Å². The lowest BCUT2D eigenvalue weighted by Gasteiger charge is -1.99. The highest BCUT2D eigenvalue weighted by Gasteiger charge is 2.11. The Morgan fingerprint density at radius 2 is 2.00 bits per heavy atom. The maximum absolute atomic E-state index is 13.1. The van der Waals surface area contributed by atoms with E-state index in [9.17, 15) is 9.18 Å². The van der Waals surface area contributed by atoms with Gasteiger partial charge in [0.05, 0.1) is 5.75 Å². The van der Waals surface area contributed by atoms with Crippen LogP contribution in [0.25, 0.3) is 11.4 Å². The van der Waals surface area contributed by atoms with Crippen LogP contribution in [0, 0.1) is 5.82 Å². The van der Waals surface area contributed by atoms with E-state index in [-0.39, 0.29) is 11.5 Å². The van der Waals surface area contributed by atoms with E-state index >= 15 is 0 Å². The molecule has 122 valence electrons. The summed E-state index contributed by atoms with van der Waals surface area (Å²) in [4.78, 5) is 16.5. The number of carbonyl (C=O) groups is 1. The van der Waals surface area contributed by atoms with Crippen LogP contribution in [0.2, 0.25) is 0 Å². The van der Waals surface area contributed by atoms with Gasteiger partial charge in [-0.05, 0) is 24.1 Å². The molecule has 4 nitrogen and oxygen atoms in total. The van der Waals surface area contributed by atoms with Gasteiger partial charge in [0.15, 0.2) is 11.6 Å². The highest BCUT2D eigenvalue weighted by Crippen LogP contribution is 2.20. The van der Waals surface area contributed by atoms with Gasteiger partial charge in [-0.1, -0.05) is 55.1 Å². The Kier molecular flexibility index (Phi) is 5.05. The summed E-state index contributed by atoms with van der Waals surface area (Å²) < 4.78 is 13.1. The minimum Gasteiger partial charge on any atom is -0.293 e. The third kappa shape index (κ3) is 3.89. The first-order valence-corrected chi connectivity index (χ1v) is 8.57. The van der Waals surface area contributed by atoms with Crippen molar-refractivity contribution in [1.29, 1.82) is 0 Å². The molecule has 3 aromatic rings. The number of aromatic nitrogens is 3. The fourth-order valence-corrected chi connectivity index (χ4v) is 2.91. The summed E-state index contributed by atoms with van der Waals surface area (Å²) in [7, 11) is 0. The van der Waals surface area contributed by atoms with E-state index in [1.54, 1.807) is 6.07 Å². The molecule has 0 aliphatic carbocycles. The van der Waals surface area contributed by atoms with Crippen molar-refractivity contribution in [2.75, 3.05) is 5.75 Å². The molecule has 0 unspecified atom stereocenters. The fraction of sp³-hybridized carbons (Fsp3) is 0.167. The highest BCUT2D eigenvalue weighted by molar-refractivity contribution is 7.99. The molecule has 0 amide bonds. The van der Waals surface area contributed by atoms with Gasteiger partial charge in [-0.2, -0.15) is 0 Å². The number of nitrogens with one attached hydrogen (secondary N) is 1. The summed E-state index contributed by atoms with van der Waals surface area (Å²) >= 11 is 1.23. The molecular weight excluding hydrogens is 325 g/mol. The second kappa shape index (κ2) is 7.40. The van der Waals surface area contributed by atoms with Gasteiger partial charge in [-0.25, -0.2) is 9.37 Å². The molecule has 0 aliphatic rings. The molecule has 0 spiro atoms. The molecule has 1 N–H and O–H groups in total. The van der Waals surface area contributed by atoms with Crippen molar-refractivity contribution in [3.05, 3.63) is 65.5 Å². The van der Waals surface area contributed by atoms with Crippen LogP contribution >= 0.6 is 11.8 Å². The summed E-state index contributed by atoms with van der Waals surface area (Å²) in [5.74, 6) is 0.258. The molecule has 0 aliphatic heterocycles. The summed E-state index contributed by atoms with van der Waals surface area (Å²) in [5.41, 5.74) is 2.56. The lowest BCUT2D eigenvalue weighted by atomic mass is 10.1. The molecule has 24 heavy (non-hydrogen) atoms. The minimum absolute atomic E-state index is 0.154. The lowest BCUT2D eigenvalue weighted by Crippen LogP contribution is -2.02. The smallest absolute Gasteiger partial charge is 0.209 e. The van der Waals surface area contributed by atoms with Crippen LogP contribution in [0.4, 0.5) is 4.39 Å². The summed E-state index contributed by atoms with van der Waals surface area (Å²) in [5, 5.41) is 7.49. The van der Waals surface area contributed by atoms with Gasteiger partial charge < -0.3 is 0 Å². The van der Waals surface area contributed by atoms with Crippen LogP contribution in [0.15, 0.2) is 53.7 Å². The molecular formula is C18H16FN3OS. The first kappa shape index (κ1) is 16.4. The molecule has 2 aromatic carbocycles. The van der Waals surface area contributed by atoms with Crippen LogP contribution in [0.1, 0.15) is 22.8 Å². The molecule has 0 saturated carbocycles. The van der Waals surface area contributed by atoms with Crippen molar-refractivity contribution < 1.29 is 9.18 Å². The van der Waals surface area contributed by atoms with Gasteiger partial charge in [0.1, 0.15) is 5.82 Å². The Morgan fingerprint density at radius 1 is 1.21 bits per heavy atom. The number of hydrogen-bond acceptors (Lipinski definition) is 4. The van der Waals surface area contributed by atoms with Crippen molar-refractivity contribution in [1.82, 2.24) is 15.2 Å². The van der Waals surface area contributed by atoms with Gasteiger partial charge in [0, 0.05) is 11.1 Å². The third-order valence-corrected chi connectivity index (χ3v) is 4.43. The number of H-pyrrole nitrogens is 1. The number of Topliss-reactive ketones (excluding diaryl/α,β-unsaturated/α-hetero) is 1. The number of aromatic amines is 1. The predicted molar refractivity (Wildman–Crippen MR) is 92.7 cm³/mol. The SMILES string of the molecule is CCc1ccc(-c2nc(SCC(=O)c3cccc(F)c3)n[nH]2)cc1. The Bertz CT molecular complexity index is 845. The molecule has 1 heterocycles. The van der Waals surface area contributed by atoms with Crippen LogP contribution in [0.5, 0.6) is 0 Å². The normalized spacial score (nSPS) is 10.8. The number of rotatable bonds is 6. The third-order valence-electron chi connectivity index (χ3n) is 3.58. The van der Waals surface area contributed by atoms with E-state index in [4.69, 9.17) is 0 Å². The zero-order valence-electron chi connectivity index (χ0n) is 13.1. The van der Waals surface area contributed by atoms with Crippen molar-refractivity contribution in [3.8, 4) is 11.4 Å². The predicted octanol–water partition coefficient (Wildman–Crippen LogP) is 4.15. The maximum atomic E-state index is 13.1. The van der Waals surface area contributed by atoms with Crippen molar-refractivity contribution >= 4 is 17.5 Å². The zero-order valence-corrected chi connectivity index (χ0v) is 13.9. The van der Waals surface area contributed by atoms with Gasteiger partial charge in [-0.3, -0.25) is 9.89 Å². The monoisotopic (exact) mass is 341 g/mol. The van der Waals surface area contributed by atoms with Crippen LogP contribution in [0.3, 0.4) is 0 Å². The molecule has 6 heteroatoms. The Morgan fingerprint density at radius 3 is 2.71 bits per heavy atom. The number of aryl methyl sites for hydroxylation is 1. The second-order valence-corrected chi connectivity index (χ2v) is 6.18. The Hall–Kier alpha value is -2.47. The number of hydrogen-bond donors (Lipinski definition) is 1. The molecule has 3 rings (SSSR count). The van der Waals surface area contributed by atoms with E-state index in [0.29, 0.717) is 16.5 Å². The topological polar surface area (TPSA) is 58.6 Å². The summed E-state index contributed by atoms with van der Waals surface area (Å²) in [6.45, 7) is 2.10. The fourth-order valence-electron chi connectivity index (χ4n) is 2.21. The number of benzene rings is 2. The average molecular weight is 341 g/mol. The minimum atomic E-state index is -0.415. The van der Waals surface area contributed by atoms with Crippen molar-refractivity contribution in [2.45, 2.75) is 18.5 Å². The van der Waals surface area contributed by atoms with Crippen molar-refractivity contribution in [2.24, 2.45) is 0 Å². The van der Waals surface area contributed by atoms with E-state index in [2.05, 4.69) is 34.2 Å².